The van der Waals surface area contributed by atoms with Crippen LogP contribution in [0.15, 0.2) is 64.8 Å². The van der Waals surface area contributed by atoms with Crippen LogP contribution in [0.25, 0.3) is 6.08 Å². The third-order valence-electron chi connectivity index (χ3n) is 5.88. The number of thiophene rings is 2. The highest BCUT2D eigenvalue weighted by atomic mass is 32.1. The normalized spacial score (nSPS) is 23.7. The van der Waals surface area contributed by atoms with E-state index in [4.69, 9.17) is 0 Å². The highest BCUT2D eigenvalue weighted by Gasteiger charge is 2.64. The predicted octanol–water partition coefficient (Wildman–Crippen LogP) is 5.22. The number of Topliss-reactive ketones (excluding diaryl/α,β-unsaturated/α-hetero) is 1. The maximum Gasteiger partial charge on any atom is 0.195 e. The van der Waals surface area contributed by atoms with E-state index in [1.165, 1.54) is 22.7 Å². The van der Waals surface area contributed by atoms with Gasteiger partial charge in [-0.15, -0.1) is 11.3 Å². The first-order valence-electron chi connectivity index (χ1n) is 9.18. The fourth-order valence-electron chi connectivity index (χ4n) is 4.68. The number of benzene rings is 1. The number of ketones is 1. The fraction of sp³-hybridized carbons (Fsp3) is 0.174. The van der Waals surface area contributed by atoms with Crippen LogP contribution in [0.5, 0.6) is 0 Å². The lowest BCUT2D eigenvalue weighted by atomic mass is 9.68. The summed E-state index contributed by atoms with van der Waals surface area (Å²) in [6.07, 6.45) is 3.86. The molecule has 0 unspecified atom stereocenters. The van der Waals surface area contributed by atoms with Crippen LogP contribution in [-0.4, -0.2) is 16.7 Å². The minimum atomic E-state index is -1.38. The van der Waals surface area contributed by atoms with Crippen LogP contribution < -0.4 is 0 Å². The SMILES string of the molecule is N#CC1(C#N)[C@H](c2ccsc2)[C@@H](C(=O)c2cccs2)N2C=Cc3ccccc3[C@H]21. The molecule has 0 saturated carbocycles. The Hall–Kier alpha value is -3.19. The van der Waals surface area contributed by atoms with Crippen LogP contribution in [-0.2, 0) is 0 Å². The van der Waals surface area contributed by atoms with E-state index in [-0.39, 0.29) is 5.78 Å². The minimum absolute atomic E-state index is 0.0439. The predicted molar refractivity (Wildman–Crippen MR) is 113 cm³/mol. The minimum Gasteiger partial charge on any atom is -0.357 e. The maximum absolute atomic E-state index is 13.6. The molecular weight excluding hydrogens is 398 g/mol. The standard InChI is InChI=1S/C23H15N3OS2/c24-13-23(14-25)19(16-8-11-28-12-16)20(21(27)18-6-3-10-29-18)26-9-7-15-4-1-2-5-17(15)22(23)26/h1-12,19-20,22H/t19-,20+,22+/m1/s1. The van der Waals surface area contributed by atoms with Crippen LogP contribution in [0.3, 0.4) is 0 Å². The van der Waals surface area contributed by atoms with Gasteiger partial charge in [0.05, 0.1) is 23.1 Å². The molecule has 0 spiro atoms. The van der Waals surface area contributed by atoms with Gasteiger partial charge in [0.1, 0.15) is 6.04 Å². The number of nitrogens with zero attached hydrogens (tertiary/aromatic N) is 3. The van der Waals surface area contributed by atoms with Crippen molar-refractivity contribution in [1.82, 2.24) is 4.90 Å². The zero-order valence-corrected chi connectivity index (χ0v) is 16.9. The van der Waals surface area contributed by atoms with Gasteiger partial charge in [-0.05, 0) is 51.0 Å². The van der Waals surface area contributed by atoms with Crippen molar-refractivity contribution in [2.45, 2.75) is 18.0 Å². The number of hydrogen-bond donors (Lipinski definition) is 0. The molecule has 0 N–H and O–H groups in total. The van der Waals surface area contributed by atoms with E-state index in [1.54, 1.807) is 0 Å². The quantitative estimate of drug-likeness (QED) is 0.552. The van der Waals surface area contributed by atoms with Crippen LogP contribution in [0.1, 0.15) is 38.3 Å². The average molecular weight is 414 g/mol. The van der Waals surface area contributed by atoms with E-state index in [0.29, 0.717) is 4.88 Å². The molecule has 6 heteroatoms. The Morgan fingerprint density at radius 2 is 1.90 bits per heavy atom. The molecule has 2 aromatic heterocycles. The van der Waals surface area contributed by atoms with Crippen molar-refractivity contribution in [2.75, 3.05) is 0 Å². The van der Waals surface area contributed by atoms with Crippen LogP contribution in [0, 0.1) is 28.1 Å². The van der Waals surface area contributed by atoms with Crippen molar-refractivity contribution in [1.29, 1.82) is 10.5 Å². The lowest BCUT2D eigenvalue weighted by Crippen LogP contribution is -2.37. The lowest BCUT2D eigenvalue weighted by Gasteiger charge is -2.34. The van der Waals surface area contributed by atoms with Crippen LogP contribution in [0.4, 0.5) is 0 Å². The van der Waals surface area contributed by atoms with Gasteiger partial charge in [-0.2, -0.15) is 21.9 Å². The molecule has 1 saturated heterocycles. The van der Waals surface area contributed by atoms with Crippen molar-refractivity contribution in [3.8, 4) is 12.1 Å². The first-order valence-corrected chi connectivity index (χ1v) is 11.0. The third-order valence-corrected chi connectivity index (χ3v) is 7.46. The summed E-state index contributed by atoms with van der Waals surface area (Å²) in [6, 6.07) is 17.0. The van der Waals surface area contributed by atoms with Crippen molar-refractivity contribution in [2.24, 2.45) is 5.41 Å². The van der Waals surface area contributed by atoms with Gasteiger partial charge in [-0.3, -0.25) is 4.79 Å². The molecule has 29 heavy (non-hydrogen) atoms. The van der Waals surface area contributed by atoms with E-state index >= 15 is 0 Å². The van der Waals surface area contributed by atoms with E-state index in [0.717, 1.165) is 16.7 Å². The van der Waals surface area contributed by atoms with Gasteiger partial charge >= 0.3 is 0 Å². The van der Waals surface area contributed by atoms with Gasteiger partial charge in [0.2, 0.25) is 0 Å². The molecule has 3 atom stereocenters. The molecular formula is C23H15N3OS2. The van der Waals surface area contributed by atoms with Crippen LogP contribution >= 0.6 is 22.7 Å². The molecule has 1 fully saturated rings. The average Bonchev–Trinajstić information content (AvgIpc) is 3.52. The molecule has 2 aliphatic rings. The molecule has 140 valence electrons. The third kappa shape index (κ3) is 2.43. The molecule has 5 rings (SSSR count). The Kier molecular flexibility index (Phi) is 4.13. The summed E-state index contributed by atoms with van der Waals surface area (Å²) in [7, 11) is 0. The molecule has 2 aliphatic heterocycles. The fourth-order valence-corrected chi connectivity index (χ4v) is 6.08. The van der Waals surface area contributed by atoms with Gasteiger partial charge in [-0.1, -0.05) is 30.3 Å². The summed E-state index contributed by atoms with van der Waals surface area (Å²) in [5.74, 6) is -0.586. The Labute approximate surface area is 176 Å². The topological polar surface area (TPSA) is 67.9 Å². The summed E-state index contributed by atoms with van der Waals surface area (Å²) >= 11 is 2.91. The Morgan fingerprint density at radius 1 is 1.07 bits per heavy atom. The van der Waals surface area contributed by atoms with Gasteiger partial charge < -0.3 is 4.90 Å². The van der Waals surface area contributed by atoms with Crippen LogP contribution in [0.2, 0.25) is 0 Å². The summed E-state index contributed by atoms with van der Waals surface area (Å²) in [5.41, 5.74) is 1.39. The Morgan fingerprint density at radius 3 is 2.59 bits per heavy atom. The molecule has 3 aromatic rings. The number of hydrogen-bond acceptors (Lipinski definition) is 6. The second-order valence-electron chi connectivity index (χ2n) is 7.21. The van der Waals surface area contributed by atoms with Crippen molar-refractivity contribution in [3.63, 3.8) is 0 Å². The first kappa shape index (κ1) is 17.9. The molecule has 0 amide bonds. The van der Waals surface area contributed by atoms with E-state index in [9.17, 15) is 15.3 Å². The summed E-state index contributed by atoms with van der Waals surface area (Å²) in [4.78, 5) is 16.2. The maximum atomic E-state index is 13.6. The molecule has 0 aliphatic carbocycles. The van der Waals surface area contributed by atoms with Crippen molar-refractivity contribution in [3.05, 3.63) is 86.4 Å². The van der Waals surface area contributed by atoms with E-state index in [2.05, 4.69) is 12.1 Å². The smallest absolute Gasteiger partial charge is 0.195 e. The molecule has 0 radical (unpaired) electrons. The highest BCUT2D eigenvalue weighted by molar-refractivity contribution is 7.12. The van der Waals surface area contributed by atoms with Crippen molar-refractivity contribution >= 4 is 34.5 Å². The van der Waals surface area contributed by atoms with E-state index in [1.807, 2.05) is 75.8 Å². The number of carbonyl (C=O) groups is 1. The Bertz CT molecular complexity index is 1170. The van der Waals surface area contributed by atoms with Gasteiger partial charge in [0, 0.05) is 12.1 Å². The summed E-state index contributed by atoms with van der Waals surface area (Å²) in [5, 5.41) is 26.5. The highest BCUT2D eigenvalue weighted by Crippen LogP contribution is 2.60. The van der Waals surface area contributed by atoms with E-state index < -0.39 is 23.4 Å². The number of fused-ring (bicyclic) bond motifs is 3. The molecule has 4 nitrogen and oxygen atoms in total. The molecule has 4 heterocycles. The van der Waals surface area contributed by atoms with Crippen molar-refractivity contribution < 1.29 is 4.79 Å². The summed E-state index contributed by atoms with van der Waals surface area (Å²) in [6.45, 7) is 0. The number of rotatable bonds is 3. The Balaban J connectivity index is 1.78. The monoisotopic (exact) mass is 413 g/mol. The second-order valence-corrected chi connectivity index (χ2v) is 8.94. The van der Waals surface area contributed by atoms with Gasteiger partial charge in [0.25, 0.3) is 0 Å². The van der Waals surface area contributed by atoms with Gasteiger partial charge in [0.15, 0.2) is 11.2 Å². The summed E-state index contributed by atoms with van der Waals surface area (Å²) < 4.78 is 0. The second kappa shape index (κ2) is 6.70. The zero-order chi connectivity index (χ0) is 20.0. The number of nitriles is 2. The lowest BCUT2D eigenvalue weighted by molar-refractivity contribution is 0.0879. The van der Waals surface area contributed by atoms with Gasteiger partial charge in [-0.25, -0.2) is 0 Å². The number of carbonyl (C=O) groups excluding carboxylic acids is 1. The first-order chi connectivity index (χ1) is 14.2. The largest absolute Gasteiger partial charge is 0.357 e. The molecule has 0 bridgehead atoms. The zero-order valence-electron chi connectivity index (χ0n) is 15.2. The molecule has 1 aromatic carbocycles.